The van der Waals surface area contributed by atoms with Crippen LogP contribution in [0.4, 0.5) is 0 Å². The van der Waals surface area contributed by atoms with Crippen molar-refractivity contribution < 1.29 is 0 Å². The lowest BCUT2D eigenvalue weighted by Crippen LogP contribution is -2.32. The molecular weight excluding hydrogens is 208 g/mol. The van der Waals surface area contributed by atoms with Gasteiger partial charge in [0.1, 0.15) is 0 Å². The van der Waals surface area contributed by atoms with Gasteiger partial charge in [-0.15, -0.1) is 0 Å². The Kier molecular flexibility index (Phi) is 6.50. The minimum absolute atomic E-state index is 0.782. The molecule has 1 rings (SSSR count). The highest BCUT2D eigenvalue weighted by molar-refractivity contribution is 4.84. The van der Waals surface area contributed by atoms with Crippen LogP contribution in [0.15, 0.2) is 0 Å². The minimum Gasteiger partial charge on any atom is -0.330 e. The van der Waals surface area contributed by atoms with Crippen LogP contribution in [0.2, 0.25) is 0 Å². The van der Waals surface area contributed by atoms with Crippen molar-refractivity contribution in [1.29, 1.82) is 0 Å². The van der Waals surface area contributed by atoms with Gasteiger partial charge in [0, 0.05) is 6.04 Å². The van der Waals surface area contributed by atoms with Crippen LogP contribution in [0, 0.1) is 17.8 Å². The van der Waals surface area contributed by atoms with Crippen molar-refractivity contribution in [1.82, 2.24) is 4.90 Å². The van der Waals surface area contributed by atoms with Gasteiger partial charge < -0.3 is 10.6 Å². The Hall–Kier alpha value is -0.0800. The van der Waals surface area contributed by atoms with E-state index in [2.05, 4.69) is 32.7 Å². The van der Waals surface area contributed by atoms with Gasteiger partial charge in [-0.25, -0.2) is 0 Å². The van der Waals surface area contributed by atoms with Crippen LogP contribution in [0.5, 0.6) is 0 Å². The van der Waals surface area contributed by atoms with Crippen LogP contribution in [-0.2, 0) is 0 Å². The maximum Gasteiger partial charge on any atom is 0.00921 e. The van der Waals surface area contributed by atoms with Gasteiger partial charge in [-0.2, -0.15) is 0 Å². The standard InChI is InChI=1S/C15H32N2/c1-12(2)14(9-10-16)6-5-11-17(4)13(3)15-7-8-15/h12-15H,5-11,16H2,1-4H3. The molecule has 0 spiro atoms. The van der Waals surface area contributed by atoms with E-state index in [1.807, 2.05) is 0 Å². The molecule has 2 heteroatoms. The SMILES string of the molecule is CC(C)C(CCN)CCCN(C)C(C)C1CC1. The molecule has 0 amide bonds. The van der Waals surface area contributed by atoms with E-state index in [1.54, 1.807) is 0 Å². The number of nitrogens with zero attached hydrogens (tertiary/aromatic N) is 1. The molecule has 0 bridgehead atoms. The van der Waals surface area contributed by atoms with Crippen molar-refractivity contribution in [3.8, 4) is 0 Å². The highest BCUT2D eigenvalue weighted by Crippen LogP contribution is 2.34. The van der Waals surface area contributed by atoms with Crippen LogP contribution in [0.1, 0.15) is 52.9 Å². The summed E-state index contributed by atoms with van der Waals surface area (Å²) in [5.74, 6) is 2.60. The second-order valence-corrected chi connectivity index (χ2v) is 6.28. The molecular formula is C15H32N2. The smallest absolute Gasteiger partial charge is 0.00921 e. The quantitative estimate of drug-likeness (QED) is 0.671. The summed E-state index contributed by atoms with van der Waals surface area (Å²) in [5, 5.41) is 0. The summed E-state index contributed by atoms with van der Waals surface area (Å²) < 4.78 is 0. The van der Waals surface area contributed by atoms with Crippen molar-refractivity contribution in [3.05, 3.63) is 0 Å². The number of rotatable bonds is 9. The van der Waals surface area contributed by atoms with Crippen molar-refractivity contribution >= 4 is 0 Å². The third kappa shape index (κ3) is 5.39. The first-order chi connectivity index (χ1) is 8.06. The zero-order chi connectivity index (χ0) is 12.8. The van der Waals surface area contributed by atoms with Gasteiger partial charge >= 0.3 is 0 Å². The predicted molar refractivity (Wildman–Crippen MR) is 76.0 cm³/mol. The fourth-order valence-corrected chi connectivity index (χ4v) is 2.77. The lowest BCUT2D eigenvalue weighted by atomic mass is 9.88. The summed E-state index contributed by atoms with van der Waals surface area (Å²) in [4.78, 5) is 2.55. The lowest BCUT2D eigenvalue weighted by Gasteiger charge is -2.26. The Balaban J connectivity index is 2.15. The van der Waals surface area contributed by atoms with Gasteiger partial charge in [0.25, 0.3) is 0 Å². The molecule has 0 aliphatic heterocycles. The second-order valence-electron chi connectivity index (χ2n) is 6.28. The third-order valence-corrected chi connectivity index (χ3v) is 4.57. The summed E-state index contributed by atoms with van der Waals surface area (Å²) >= 11 is 0. The van der Waals surface area contributed by atoms with Gasteiger partial charge in [-0.05, 0) is 76.9 Å². The molecule has 0 aromatic heterocycles. The fraction of sp³-hybridized carbons (Fsp3) is 1.00. The summed E-state index contributed by atoms with van der Waals surface area (Å²) in [7, 11) is 2.29. The summed E-state index contributed by atoms with van der Waals surface area (Å²) in [6, 6.07) is 0.794. The van der Waals surface area contributed by atoms with Crippen LogP contribution < -0.4 is 5.73 Å². The molecule has 2 atom stereocenters. The van der Waals surface area contributed by atoms with Gasteiger partial charge in [0.05, 0.1) is 0 Å². The Morgan fingerprint density at radius 3 is 2.29 bits per heavy atom. The summed E-state index contributed by atoms with van der Waals surface area (Å²) in [6.45, 7) is 9.15. The van der Waals surface area contributed by atoms with Crippen LogP contribution >= 0.6 is 0 Å². The minimum atomic E-state index is 0.782. The van der Waals surface area contributed by atoms with Gasteiger partial charge in [-0.3, -0.25) is 0 Å². The van der Waals surface area contributed by atoms with Crippen LogP contribution in [0.25, 0.3) is 0 Å². The van der Waals surface area contributed by atoms with Crippen molar-refractivity contribution in [3.63, 3.8) is 0 Å². The van der Waals surface area contributed by atoms with Crippen LogP contribution in [0.3, 0.4) is 0 Å². The van der Waals surface area contributed by atoms with E-state index in [0.29, 0.717) is 0 Å². The normalized spacial score (nSPS) is 19.9. The van der Waals surface area contributed by atoms with Crippen molar-refractivity contribution in [2.24, 2.45) is 23.5 Å². The summed E-state index contributed by atoms with van der Waals surface area (Å²) in [6.07, 6.45) is 6.77. The molecule has 0 heterocycles. The molecule has 1 saturated carbocycles. The Morgan fingerprint density at radius 1 is 1.18 bits per heavy atom. The molecule has 0 radical (unpaired) electrons. The lowest BCUT2D eigenvalue weighted by molar-refractivity contribution is 0.217. The second kappa shape index (κ2) is 7.38. The highest BCUT2D eigenvalue weighted by atomic mass is 15.1. The Bertz CT molecular complexity index is 199. The maximum absolute atomic E-state index is 5.68. The monoisotopic (exact) mass is 240 g/mol. The molecule has 2 N–H and O–H groups in total. The molecule has 0 saturated heterocycles. The third-order valence-electron chi connectivity index (χ3n) is 4.57. The molecule has 17 heavy (non-hydrogen) atoms. The fourth-order valence-electron chi connectivity index (χ4n) is 2.77. The first-order valence-electron chi connectivity index (χ1n) is 7.46. The molecule has 1 aliphatic carbocycles. The first-order valence-corrected chi connectivity index (χ1v) is 7.46. The molecule has 1 aliphatic rings. The number of hydrogen-bond donors (Lipinski definition) is 1. The molecule has 2 unspecified atom stereocenters. The van der Waals surface area contributed by atoms with Gasteiger partial charge in [-0.1, -0.05) is 13.8 Å². The van der Waals surface area contributed by atoms with Crippen molar-refractivity contribution in [2.45, 2.75) is 58.9 Å². The van der Waals surface area contributed by atoms with E-state index >= 15 is 0 Å². The molecule has 2 nitrogen and oxygen atoms in total. The molecule has 1 fully saturated rings. The van der Waals surface area contributed by atoms with E-state index in [9.17, 15) is 0 Å². The first kappa shape index (κ1) is 15.0. The van der Waals surface area contributed by atoms with E-state index in [-0.39, 0.29) is 0 Å². The zero-order valence-corrected chi connectivity index (χ0v) is 12.3. The molecule has 0 aromatic carbocycles. The predicted octanol–water partition coefficient (Wildman–Crippen LogP) is 3.12. The van der Waals surface area contributed by atoms with E-state index in [1.165, 1.54) is 38.6 Å². The van der Waals surface area contributed by atoms with E-state index in [4.69, 9.17) is 5.73 Å². The molecule has 0 aromatic rings. The van der Waals surface area contributed by atoms with E-state index < -0.39 is 0 Å². The zero-order valence-electron chi connectivity index (χ0n) is 12.3. The summed E-state index contributed by atoms with van der Waals surface area (Å²) in [5.41, 5.74) is 5.68. The van der Waals surface area contributed by atoms with Gasteiger partial charge in [0.2, 0.25) is 0 Å². The Morgan fingerprint density at radius 2 is 1.82 bits per heavy atom. The Labute approximate surface area is 108 Å². The number of nitrogens with two attached hydrogens (primary N) is 1. The average Bonchev–Trinajstić information content (AvgIpc) is 3.10. The molecule has 102 valence electrons. The highest BCUT2D eigenvalue weighted by Gasteiger charge is 2.30. The average molecular weight is 240 g/mol. The van der Waals surface area contributed by atoms with Gasteiger partial charge in [0.15, 0.2) is 0 Å². The topological polar surface area (TPSA) is 29.3 Å². The maximum atomic E-state index is 5.68. The van der Waals surface area contributed by atoms with E-state index in [0.717, 1.165) is 30.3 Å². The number of hydrogen-bond acceptors (Lipinski definition) is 2. The van der Waals surface area contributed by atoms with Crippen molar-refractivity contribution in [2.75, 3.05) is 20.1 Å². The van der Waals surface area contributed by atoms with Crippen LogP contribution in [-0.4, -0.2) is 31.1 Å². The largest absolute Gasteiger partial charge is 0.330 e.